The number of nitrogens with two attached hydrogens (primary N) is 3. The maximum absolute atomic E-state index is 13.1. The summed E-state index contributed by atoms with van der Waals surface area (Å²) in [5, 5.41) is 46.5. The number of aliphatic carboxylic acids is 1. The number of carbonyl (C=O) groups excluding carboxylic acids is 1. The molecule has 614 valence electrons. The van der Waals surface area contributed by atoms with Crippen molar-refractivity contribution in [1.82, 2.24) is 93.6 Å². The lowest BCUT2D eigenvalue weighted by molar-refractivity contribution is -0.133. The van der Waals surface area contributed by atoms with E-state index in [-0.39, 0.29) is 94.6 Å². The molecule has 10 aromatic heterocycles. The number of carbonyl (C=O) groups is 2. The quantitative estimate of drug-likeness (QED) is 0.0641. The Bertz CT molecular complexity index is 5920. The number of H-pyrrole nitrogens is 1. The zero-order chi connectivity index (χ0) is 76.1. The van der Waals surface area contributed by atoms with Crippen molar-refractivity contribution in [1.29, 1.82) is 0 Å². The van der Waals surface area contributed by atoms with Gasteiger partial charge >= 0.3 is 5.97 Å². The summed E-state index contributed by atoms with van der Waals surface area (Å²) < 4.78 is 41.2. The van der Waals surface area contributed by atoms with Crippen LogP contribution in [0.25, 0.3) is 33.7 Å². The summed E-state index contributed by atoms with van der Waals surface area (Å²) in [7, 11) is 1.94. The molecule has 4 unspecified atom stereocenters. The van der Waals surface area contributed by atoms with Crippen molar-refractivity contribution in [2.45, 2.75) is 111 Å². The zero-order valence-corrected chi connectivity index (χ0v) is 65.3. The highest BCUT2D eigenvalue weighted by atomic mass is 35.5. The average molecular weight is 1810 g/mol. The number of anilines is 8. The van der Waals surface area contributed by atoms with E-state index in [0.29, 0.717) is 97.1 Å². The van der Waals surface area contributed by atoms with E-state index in [2.05, 4.69) is 91.9 Å². The molecule has 1 amide bonds. The number of carboxylic acid groups (broad SMARTS) is 1. The highest BCUT2D eigenvalue weighted by Crippen LogP contribution is 2.46. The number of amides is 1. The molecule has 13 N–H and O–H groups in total. The van der Waals surface area contributed by atoms with E-state index in [1.807, 2.05) is 90.3 Å². The number of benzene rings is 4. The Labute approximate surface area is 726 Å². The third kappa shape index (κ3) is 18.7. The van der Waals surface area contributed by atoms with Gasteiger partial charge in [-0.2, -0.15) is 55.4 Å². The van der Waals surface area contributed by atoms with E-state index in [1.165, 1.54) is 0 Å². The van der Waals surface area contributed by atoms with Crippen molar-refractivity contribution in [3.05, 3.63) is 230 Å². The van der Waals surface area contributed by atoms with Crippen LogP contribution in [0, 0.1) is 0 Å². The van der Waals surface area contributed by atoms with Gasteiger partial charge in [-0.3, -0.25) is 4.79 Å². The van der Waals surface area contributed by atoms with Crippen LogP contribution in [0.1, 0.15) is 145 Å². The van der Waals surface area contributed by atoms with Gasteiger partial charge in [0.15, 0.2) is 34.6 Å². The summed E-state index contributed by atoms with van der Waals surface area (Å²) >= 11 is 53.3. The molecule has 0 spiro atoms. The fraction of sp³-hybridized carbons (Fsp3) is 0.233. The smallest absolute Gasteiger partial charge is 0.335 e. The molecule has 14 aromatic rings. The Morgan fingerprint density at radius 1 is 0.422 bits per heavy atom. The van der Waals surface area contributed by atoms with Gasteiger partial charge in [-0.1, -0.05) is 176 Å². The van der Waals surface area contributed by atoms with E-state index in [0.717, 1.165) is 121 Å². The van der Waals surface area contributed by atoms with E-state index < -0.39 is 18.1 Å². The number of hydrogen-bond acceptors (Lipinski definition) is 27. The number of nitrogens with zero attached hydrogens (tertiary/aromatic N) is 19. The van der Waals surface area contributed by atoms with Gasteiger partial charge in [0.1, 0.15) is 59.1 Å². The molecule has 14 heterocycles. The molecule has 4 aliphatic rings. The predicted octanol–water partition coefficient (Wildman–Crippen LogP) is 20.6. The van der Waals surface area contributed by atoms with Crippen LogP contribution in [0.15, 0.2) is 156 Å². The highest BCUT2D eigenvalue weighted by molar-refractivity contribution is 7.00. The molecule has 0 fully saturated rings. The second-order valence-corrected chi connectivity index (χ2v) is 29.2. The molecule has 31 nitrogen and oxygen atoms in total. The summed E-state index contributed by atoms with van der Waals surface area (Å²) in [6.07, 6.45) is 6.80. The van der Waals surface area contributed by atoms with Crippen molar-refractivity contribution in [2.75, 3.05) is 43.8 Å². The molecule has 4 aromatic carbocycles. The third-order valence-electron chi connectivity index (χ3n) is 17.2. The van der Waals surface area contributed by atoms with Gasteiger partial charge in [0.05, 0.1) is 123 Å². The number of rotatable bonds is 9. The number of aromatic amines is 1. The Kier molecular flexibility index (Phi) is 32.3. The number of fused-ring (bicyclic) bond motifs is 6. The number of halogens is 8. The molecular weight excluding hydrogens is 1730 g/mol. The molecule has 0 saturated heterocycles. The van der Waals surface area contributed by atoms with Gasteiger partial charge in [-0.25, -0.2) is 33.5 Å². The Balaban J connectivity index is 0.000000229. The standard InChI is InChI=1S/C17H13Cl2N7S.C16H13Cl2N7OS.C16H11Cl2N7S.C14H11Cl2N3O2.C2H4N4S.8CH4/c1-8-13(16-22-15-17(25(16)2)24-27-23-15)14(26-12(21-8)5-6-20-26)9-3-4-10(18)11(19)7-9;1-7-12(16(26)22-15-14(19)23-27-24-15)13(25-11(21-7)4-5-20-25)8-2-3-9(17)10(18)6-8;1-7-12(14-21-15-16(22-14)24-26-23-15)13(25-11(20-7)4-5-19-25)8-2-3-9(17)10(18)6-8;1-7-12(14(20)21)13(19-11(18-7)4-5-17-19)8-2-3-9(15)10(16)6-8;3-1-2(4)6-7-5-1;;;;;;;;/h3-7,14,21H,1-2H3;2-6,13,21H,1H3,(H2,19,23)(H,22,24,26);2-6,13,20H,1H3,(H,21,22,23,24);2-6,13,18H,1H3,(H,20,21);(H2,3,5)(H2,4,6);8*1H4. The van der Waals surface area contributed by atoms with Crippen molar-refractivity contribution in [2.24, 2.45) is 7.05 Å². The zero-order valence-electron chi connectivity index (χ0n) is 56.0. The molecule has 4 aliphatic heterocycles. The Hall–Kier alpha value is -10.3. The molecule has 116 heavy (non-hydrogen) atoms. The van der Waals surface area contributed by atoms with Gasteiger partial charge in [-0.15, -0.1) is 0 Å². The molecule has 43 heteroatoms. The molecule has 0 saturated carbocycles. The van der Waals surface area contributed by atoms with Crippen LogP contribution in [0.5, 0.6) is 0 Å². The van der Waals surface area contributed by atoms with Gasteiger partial charge in [0.25, 0.3) is 5.91 Å². The van der Waals surface area contributed by atoms with Crippen molar-refractivity contribution < 1.29 is 14.7 Å². The summed E-state index contributed by atoms with van der Waals surface area (Å²) in [6.45, 7) is 7.58. The predicted molar refractivity (Wildman–Crippen MR) is 479 cm³/mol. The number of aromatic nitrogens is 20. The summed E-state index contributed by atoms with van der Waals surface area (Å²) in [6, 6.07) is 27.5. The summed E-state index contributed by atoms with van der Waals surface area (Å²) in [5.74, 6) is 4.45. The van der Waals surface area contributed by atoms with E-state index in [4.69, 9.17) is 115 Å². The van der Waals surface area contributed by atoms with Gasteiger partial charge in [0.2, 0.25) is 11.3 Å². The lowest BCUT2D eigenvalue weighted by Gasteiger charge is -2.30. The number of allylic oxidation sites excluding steroid dienone is 6. The van der Waals surface area contributed by atoms with Crippen LogP contribution in [0.2, 0.25) is 40.2 Å². The molecule has 4 atom stereocenters. The van der Waals surface area contributed by atoms with E-state index in [1.54, 1.807) is 89.6 Å². The molecule has 18 rings (SSSR count). The number of nitrogen functional groups attached to an aromatic ring is 3. The van der Waals surface area contributed by atoms with Crippen molar-refractivity contribution >= 4 is 232 Å². The minimum absolute atomic E-state index is 0. The van der Waals surface area contributed by atoms with Crippen LogP contribution in [-0.2, 0) is 16.6 Å². The highest BCUT2D eigenvalue weighted by Gasteiger charge is 2.38. The lowest BCUT2D eigenvalue weighted by atomic mass is 9.95. The first kappa shape index (κ1) is 94.6. The second-order valence-electron chi connectivity index (χ2n) is 23.8. The first-order valence-electron chi connectivity index (χ1n) is 31.6. The Morgan fingerprint density at radius 2 is 0.784 bits per heavy atom. The fourth-order valence-electron chi connectivity index (χ4n) is 12.3. The first-order valence-corrected chi connectivity index (χ1v) is 37.5. The van der Waals surface area contributed by atoms with Crippen molar-refractivity contribution in [3.63, 3.8) is 0 Å². The van der Waals surface area contributed by atoms with Gasteiger partial charge < -0.3 is 58.4 Å². The average Bonchev–Trinajstić information content (AvgIpc) is 1.51. The number of carboxylic acids is 1. The maximum atomic E-state index is 13.1. The van der Waals surface area contributed by atoms with Crippen LogP contribution < -0.4 is 43.8 Å². The van der Waals surface area contributed by atoms with Gasteiger partial charge in [0, 0.05) is 65.2 Å². The molecule has 0 aliphatic carbocycles. The SMILES string of the molecule is C.C.C.C.C.C.C.C.CC1=C(C(=O)Nc2nsnc2N)C(c2ccc(Cl)c(Cl)c2)n2nccc2N1.CC1=C(C(=O)O)C(c2ccc(Cl)c(Cl)c2)n2nccc2N1.CC1=C(c2nc3nsnc3[nH]2)C(c2ccc(Cl)c(Cl)c2)n2nccc2N1.CC1=C(c2nc3nsnc3n2C)C(c2ccc(Cl)c(Cl)c2)n2nccc2N1.Nc1nsnc1N. The van der Waals surface area contributed by atoms with Gasteiger partial charge in [-0.05, 0) is 98.5 Å². The largest absolute Gasteiger partial charge is 0.478 e. The maximum Gasteiger partial charge on any atom is 0.335 e. The summed E-state index contributed by atoms with van der Waals surface area (Å²) in [4.78, 5) is 37.3. The van der Waals surface area contributed by atoms with Crippen LogP contribution in [-0.4, -0.2) is 111 Å². The molecule has 0 radical (unpaired) electrons. The number of aryl methyl sites for hydroxylation is 1. The third-order valence-corrected chi connectivity index (χ3v) is 22.2. The monoisotopic (exact) mass is 1810 g/mol. The summed E-state index contributed by atoms with van der Waals surface area (Å²) in [5.41, 5.74) is 27.9. The van der Waals surface area contributed by atoms with Crippen LogP contribution in [0.3, 0.4) is 0 Å². The van der Waals surface area contributed by atoms with Crippen LogP contribution >= 0.6 is 140 Å². The second kappa shape index (κ2) is 39.6. The fourth-order valence-corrected chi connectivity index (χ4v) is 15.3. The van der Waals surface area contributed by atoms with E-state index >= 15 is 0 Å². The first-order chi connectivity index (χ1) is 51.9. The molecule has 0 bridgehead atoms. The molecular formula is C73H84Cl8N28O3S4. The minimum Gasteiger partial charge on any atom is -0.478 e. The number of hydrogen-bond donors (Lipinski definition) is 10. The normalized spacial score (nSPS) is 15.1. The topological polar surface area (TPSA) is 413 Å². The number of nitrogens with one attached hydrogen (secondary N) is 6. The minimum atomic E-state index is -1.00. The number of imidazole rings is 2. The van der Waals surface area contributed by atoms with Crippen LogP contribution in [0.4, 0.5) is 46.5 Å². The van der Waals surface area contributed by atoms with E-state index in [9.17, 15) is 14.7 Å². The Morgan fingerprint density at radius 3 is 1.18 bits per heavy atom. The lowest BCUT2D eigenvalue weighted by Crippen LogP contribution is -2.31. The van der Waals surface area contributed by atoms with Crippen molar-refractivity contribution in [3.8, 4) is 0 Å².